The molecule has 2 heterocycles. The van der Waals surface area contributed by atoms with Crippen molar-refractivity contribution in [3.05, 3.63) is 105 Å². The Balaban J connectivity index is 1.65. The predicted molar refractivity (Wildman–Crippen MR) is 137 cm³/mol. The van der Waals surface area contributed by atoms with Crippen molar-refractivity contribution >= 4 is 44.3 Å². The summed E-state index contributed by atoms with van der Waals surface area (Å²) in [5.74, 6) is -1.16. The maximum Gasteiger partial charge on any atom is 0.294 e. The molecule has 0 saturated carbocycles. The fourth-order valence-corrected chi connectivity index (χ4v) is 4.79. The number of hydrogen-bond acceptors (Lipinski definition) is 5. The van der Waals surface area contributed by atoms with E-state index < -0.39 is 23.5 Å². The van der Waals surface area contributed by atoms with Crippen molar-refractivity contribution in [1.29, 1.82) is 0 Å². The number of aryl methyl sites for hydroxylation is 1. The van der Waals surface area contributed by atoms with Gasteiger partial charge in [0.2, 0.25) is 5.78 Å². The molecule has 0 aliphatic carbocycles. The minimum Gasteiger partial charge on any atom is -0.503 e. The average Bonchev–Trinajstić information content (AvgIpc) is 3.37. The van der Waals surface area contributed by atoms with E-state index in [1.165, 1.54) is 4.90 Å². The van der Waals surface area contributed by atoms with Crippen molar-refractivity contribution < 1.29 is 23.8 Å². The number of halogens is 1. The quantitative estimate of drug-likeness (QED) is 0.280. The third-order valence-corrected chi connectivity index (χ3v) is 6.41. The number of carbonyl (C=O) groups excluding carboxylic acids is 2. The van der Waals surface area contributed by atoms with Gasteiger partial charge in [0.15, 0.2) is 11.5 Å². The minimum atomic E-state index is -0.841. The van der Waals surface area contributed by atoms with Crippen molar-refractivity contribution in [2.75, 3.05) is 11.5 Å². The summed E-state index contributed by atoms with van der Waals surface area (Å²) in [5, 5.41) is 11.7. The Morgan fingerprint density at radius 3 is 2.66 bits per heavy atom. The van der Waals surface area contributed by atoms with E-state index in [0.717, 1.165) is 15.4 Å². The average molecular weight is 532 g/mol. The number of Topliss-reactive ketones (excluding diaryl/α,β-unsaturated/α-hetero) is 1. The number of aliphatic hydroxyl groups excluding tert-OH is 1. The van der Waals surface area contributed by atoms with Crippen LogP contribution in [-0.4, -0.2) is 23.4 Å². The minimum absolute atomic E-state index is 0.0273. The zero-order valence-corrected chi connectivity index (χ0v) is 20.7. The molecule has 1 aromatic heterocycles. The lowest BCUT2D eigenvalue weighted by molar-refractivity contribution is -0.117. The first-order chi connectivity index (χ1) is 16.9. The van der Waals surface area contributed by atoms with Gasteiger partial charge in [-0.3, -0.25) is 14.5 Å². The first-order valence-electron chi connectivity index (χ1n) is 11.2. The number of ketones is 1. The van der Waals surface area contributed by atoms with Crippen LogP contribution in [0.3, 0.4) is 0 Å². The van der Waals surface area contributed by atoms with Crippen molar-refractivity contribution in [3.8, 4) is 5.75 Å². The van der Waals surface area contributed by atoms with Crippen molar-refractivity contribution in [2.24, 2.45) is 0 Å². The summed E-state index contributed by atoms with van der Waals surface area (Å²) in [6.07, 6.45) is 0. The van der Waals surface area contributed by atoms with Crippen molar-refractivity contribution in [1.82, 2.24) is 0 Å². The van der Waals surface area contributed by atoms with Crippen LogP contribution in [0.25, 0.3) is 11.0 Å². The Morgan fingerprint density at radius 2 is 1.89 bits per heavy atom. The summed E-state index contributed by atoms with van der Waals surface area (Å²) in [5.41, 5.74) is 2.68. The van der Waals surface area contributed by atoms with Gasteiger partial charge >= 0.3 is 0 Å². The highest BCUT2D eigenvalue weighted by Gasteiger charge is 2.45. The number of ether oxygens (including phenoxy) is 1. The molecule has 0 spiro atoms. The number of benzene rings is 3. The zero-order valence-electron chi connectivity index (χ0n) is 19.1. The lowest BCUT2D eigenvalue weighted by Gasteiger charge is -2.27. The van der Waals surface area contributed by atoms with Crippen LogP contribution in [0.1, 0.15) is 34.6 Å². The van der Waals surface area contributed by atoms with Gasteiger partial charge in [-0.2, -0.15) is 0 Å². The van der Waals surface area contributed by atoms with Gasteiger partial charge in [-0.15, -0.1) is 0 Å². The highest BCUT2D eigenvalue weighted by Crippen LogP contribution is 2.43. The van der Waals surface area contributed by atoms with Gasteiger partial charge in [0.25, 0.3) is 5.91 Å². The molecule has 0 saturated heterocycles. The van der Waals surface area contributed by atoms with Crippen LogP contribution in [0.5, 0.6) is 5.75 Å². The Labute approximate surface area is 210 Å². The molecule has 1 amide bonds. The molecule has 1 N–H and O–H groups in total. The smallest absolute Gasteiger partial charge is 0.294 e. The SMILES string of the molecule is CCOc1cccc(N2C(=O)C(O)=C(C(=O)c3cc4cc(Br)ccc4o3)C2c2cccc(C)c2)c1. The monoisotopic (exact) mass is 531 g/mol. The van der Waals surface area contributed by atoms with Gasteiger partial charge in [-0.1, -0.05) is 51.8 Å². The van der Waals surface area contributed by atoms with E-state index in [-0.39, 0.29) is 11.3 Å². The largest absolute Gasteiger partial charge is 0.503 e. The first-order valence-corrected chi connectivity index (χ1v) is 12.0. The zero-order chi connectivity index (χ0) is 24.7. The second kappa shape index (κ2) is 9.07. The third-order valence-electron chi connectivity index (χ3n) is 5.92. The number of anilines is 1. The summed E-state index contributed by atoms with van der Waals surface area (Å²) >= 11 is 3.42. The van der Waals surface area contributed by atoms with Gasteiger partial charge in [0.1, 0.15) is 11.3 Å². The second-order valence-electron chi connectivity index (χ2n) is 8.31. The fraction of sp³-hybridized carbons (Fsp3) is 0.143. The number of hydrogen-bond donors (Lipinski definition) is 1. The van der Waals surface area contributed by atoms with Crippen LogP contribution in [0, 0.1) is 6.92 Å². The van der Waals surface area contributed by atoms with Crippen LogP contribution in [0.2, 0.25) is 0 Å². The molecule has 4 aromatic rings. The molecule has 1 unspecified atom stereocenters. The lowest BCUT2D eigenvalue weighted by Crippen LogP contribution is -2.31. The van der Waals surface area contributed by atoms with E-state index in [1.54, 1.807) is 36.4 Å². The van der Waals surface area contributed by atoms with Crippen molar-refractivity contribution in [2.45, 2.75) is 19.9 Å². The van der Waals surface area contributed by atoms with E-state index in [2.05, 4.69) is 15.9 Å². The number of rotatable bonds is 6. The van der Waals surface area contributed by atoms with Gasteiger partial charge in [0.05, 0.1) is 18.2 Å². The van der Waals surface area contributed by atoms with Gasteiger partial charge in [-0.05, 0) is 55.8 Å². The van der Waals surface area contributed by atoms with E-state index in [9.17, 15) is 14.7 Å². The molecule has 5 rings (SSSR count). The van der Waals surface area contributed by atoms with Crippen LogP contribution in [-0.2, 0) is 4.79 Å². The lowest BCUT2D eigenvalue weighted by atomic mass is 9.94. The third kappa shape index (κ3) is 4.12. The molecule has 6 nitrogen and oxygen atoms in total. The molecule has 0 bridgehead atoms. The molecule has 0 radical (unpaired) electrons. The highest BCUT2D eigenvalue weighted by molar-refractivity contribution is 9.10. The molecule has 1 aliphatic rings. The van der Waals surface area contributed by atoms with E-state index in [1.807, 2.05) is 50.2 Å². The van der Waals surface area contributed by atoms with Gasteiger partial charge < -0.3 is 14.3 Å². The number of aliphatic hydroxyl groups is 1. The Bertz CT molecular complexity index is 1500. The molecule has 7 heteroatoms. The Kier molecular flexibility index (Phi) is 5.94. The molecule has 35 heavy (non-hydrogen) atoms. The number of carbonyl (C=O) groups is 2. The number of nitrogens with zero attached hydrogens (tertiary/aromatic N) is 1. The van der Waals surface area contributed by atoms with Crippen LogP contribution in [0.15, 0.2) is 93.0 Å². The van der Waals surface area contributed by atoms with Crippen LogP contribution < -0.4 is 9.64 Å². The Morgan fingerprint density at radius 1 is 1.09 bits per heavy atom. The maximum absolute atomic E-state index is 13.7. The van der Waals surface area contributed by atoms with Gasteiger partial charge in [0, 0.05) is 21.6 Å². The van der Waals surface area contributed by atoms with E-state index in [4.69, 9.17) is 9.15 Å². The molecule has 1 aliphatic heterocycles. The summed E-state index contributed by atoms with van der Waals surface area (Å²) in [4.78, 5) is 28.6. The molecular formula is C28H22BrNO5. The fourth-order valence-electron chi connectivity index (χ4n) is 4.41. The van der Waals surface area contributed by atoms with E-state index >= 15 is 0 Å². The van der Waals surface area contributed by atoms with Gasteiger partial charge in [-0.25, -0.2) is 0 Å². The first kappa shape index (κ1) is 22.9. The molecule has 0 fully saturated rings. The topological polar surface area (TPSA) is 80.0 Å². The molecular weight excluding hydrogens is 510 g/mol. The van der Waals surface area contributed by atoms with E-state index in [0.29, 0.717) is 29.2 Å². The highest BCUT2D eigenvalue weighted by atomic mass is 79.9. The Hall–Kier alpha value is -3.84. The standard InChI is InChI=1S/C28H22BrNO5/c1-3-34-21-9-5-8-20(15-21)30-25(17-7-4-6-16(2)12-17)24(27(32)28(30)33)26(31)23-14-18-13-19(29)10-11-22(18)35-23/h4-15,25,32H,3H2,1-2H3. The summed E-state index contributed by atoms with van der Waals surface area (Å²) in [6.45, 7) is 4.27. The molecule has 176 valence electrons. The molecule has 1 atom stereocenters. The molecule has 3 aromatic carbocycles. The summed E-state index contributed by atoms with van der Waals surface area (Å²) in [6, 6.07) is 20.8. The normalized spacial score (nSPS) is 15.8. The second-order valence-corrected chi connectivity index (χ2v) is 9.22. The number of amides is 1. The summed E-state index contributed by atoms with van der Waals surface area (Å²) in [7, 11) is 0. The number of furan rings is 1. The number of fused-ring (bicyclic) bond motifs is 1. The van der Waals surface area contributed by atoms with Crippen molar-refractivity contribution in [3.63, 3.8) is 0 Å². The van der Waals surface area contributed by atoms with Crippen LogP contribution in [0.4, 0.5) is 5.69 Å². The predicted octanol–water partition coefficient (Wildman–Crippen LogP) is 6.69. The summed E-state index contributed by atoms with van der Waals surface area (Å²) < 4.78 is 12.3. The van der Waals surface area contributed by atoms with Crippen LogP contribution >= 0.6 is 15.9 Å². The maximum atomic E-state index is 13.7.